The van der Waals surface area contributed by atoms with Crippen LogP contribution >= 0.6 is 0 Å². The van der Waals surface area contributed by atoms with Crippen LogP contribution in [0.2, 0.25) is 0 Å². The fraction of sp³-hybridized carbons (Fsp3) is 0.333. The lowest BCUT2D eigenvalue weighted by Crippen LogP contribution is -2.39. The minimum atomic E-state index is -0.311. The van der Waals surface area contributed by atoms with Gasteiger partial charge in [0.1, 0.15) is 13.2 Å². The van der Waals surface area contributed by atoms with Crippen molar-refractivity contribution in [3.8, 4) is 11.5 Å². The second kappa shape index (κ2) is 7.42. The normalized spacial score (nSPS) is 18.1. The first kappa shape index (κ1) is 18.2. The SMILES string of the molecule is Cc1ccc(NC(=O)N[C@H]2CC(=O)N(c3ccc4c(c3)OCCO4)C2)c(C)c1. The molecule has 0 aromatic heterocycles. The summed E-state index contributed by atoms with van der Waals surface area (Å²) >= 11 is 0. The zero-order valence-electron chi connectivity index (χ0n) is 16.0. The van der Waals surface area contributed by atoms with Gasteiger partial charge in [-0.25, -0.2) is 4.79 Å². The molecule has 7 heteroatoms. The maximum absolute atomic E-state index is 12.5. The smallest absolute Gasteiger partial charge is 0.319 e. The highest BCUT2D eigenvalue weighted by molar-refractivity contribution is 5.98. The van der Waals surface area contributed by atoms with Crippen molar-refractivity contribution in [3.63, 3.8) is 0 Å². The van der Waals surface area contributed by atoms with E-state index in [-0.39, 0.29) is 24.4 Å². The van der Waals surface area contributed by atoms with Gasteiger partial charge in [0.05, 0.1) is 6.04 Å². The molecule has 2 N–H and O–H groups in total. The number of nitrogens with one attached hydrogen (secondary N) is 2. The maximum atomic E-state index is 12.5. The molecule has 0 radical (unpaired) electrons. The largest absolute Gasteiger partial charge is 0.486 e. The second-order valence-corrected chi connectivity index (χ2v) is 7.15. The van der Waals surface area contributed by atoms with E-state index in [4.69, 9.17) is 9.47 Å². The van der Waals surface area contributed by atoms with E-state index in [9.17, 15) is 9.59 Å². The highest BCUT2D eigenvalue weighted by Crippen LogP contribution is 2.35. The van der Waals surface area contributed by atoms with Crippen LogP contribution in [0.4, 0.5) is 16.2 Å². The molecule has 1 fully saturated rings. The third-order valence-corrected chi connectivity index (χ3v) is 4.93. The van der Waals surface area contributed by atoms with E-state index in [0.29, 0.717) is 31.3 Å². The first-order valence-corrected chi connectivity index (χ1v) is 9.34. The number of nitrogens with zero attached hydrogens (tertiary/aromatic N) is 1. The predicted octanol–water partition coefficient (Wildman–Crippen LogP) is 3.00. The summed E-state index contributed by atoms with van der Waals surface area (Å²) < 4.78 is 11.1. The molecule has 0 aliphatic carbocycles. The molecule has 7 nitrogen and oxygen atoms in total. The molecular weight excluding hydrogens is 358 g/mol. The van der Waals surface area contributed by atoms with E-state index >= 15 is 0 Å². The third kappa shape index (κ3) is 3.74. The van der Waals surface area contributed by atoms with Crippen LogP contribution in [0.1, 0.15) is 17.5 Å². The number of benzene rings is 2. The molecule has 2 aliphatic rings. The monoisotopic (exact) mass is 381 g/mol. The molecule has 2 aromatic carbocycles. The molecule has 28 heavy (non-hydrogen) atoms. The number of carbonyl (C=O) groups is 2. The van der Waals surface area contributed by atoms with Crippen molar-refractivity contribution >= 4 is 23.3 Å². The molecule has 146 valence electrons. The third-order valence-electron chi connectivity index (χ3n) is 4.93. The Bertz CT molecular complexity index is 928. The number of anilines is 2. The van der Waals surface area contributed by atoms with Crippen molar-refractivity contribution in [2.45, 2.75) is 26.3 Å². The number of hydrogen-bond donors (Lipinski definition) is 2. The first-order valence-electron chi connectivity index (χ1n) is 9.34. The fourth-order valence-corrected chi connectivity index (χ4v) is 3.55. The van der Waals surface area contributed by atoms with E-state index in [1.54, 1.807) is 4.90 Å². The summed E-state index contributed by atoms with van der Waals surface area (Å²) in [7, 11) is 0. The predicted molar refractivity (Wildman–Crippen MR) is 106 cm³/mol. The highest BCUT2D eigenvalue weighted by Gasteiger charge is 2.32. The van der Waals surface area contributed by atoms with Gasteiger partial charge in [-0.2, -0.15) is 0 Å². The Hall–Kier alpha value is -3.22. The standard InChI is InChI=1S/C21H23N3O4/c1-13-3-5-17(14(2)9-13)23-21(26)22-15-10-20(25)24(12-15)16-4-6-18-19(11-16)28-8-7-27-18/h3-6,9,11,15H,7-8,10,12H2,1-2H3,(H2,22,23,26)/t15-/m0/s1. The molecule has 4 rings (SSSR count). The molecule has 3 amide bonds. The molecule has 2 heterocycles. The minimum absolute atomic E-state index is 0.0338. The summed E-state index contributed by atoms with van der Waals surface area (Å²) in [6, 6.07) is 10.7. The van der Waals surface area contributed by atoms with Crippen molar-refractivity contribution in [3.05, 3.63) is 47.5 Å². The van der Waals surface area contributed by atoms with E-state index in [2.05, 4.69) is 10.6 Å². The van der Waals surface area contributed by atoms with Gasteiger partial charge < -0.3 is 25.0 Å². The molecule has 1 saturated heterocycles. The van der Waals surface area contributed by atoms with Gasteiger partial charge >= 0.3 is 6.03 Å². The number of urea groups is 1. The Kier molecular flexibility index (Phi) is 4.81. The molecule has 0 saturated carbocycles. The van der Waals surface area contributed by atoms with Crippen molar-refractivity contribution in [2.75, 3.05) is 30.0 Å². The Morgan fingerprint density at radius 2 is 1.86 bits per heavy atom. The Morgan fingerprint density at radius 3 is 2.64 bits per heavy atom. The molecule has 0 bridgehead atoms. The number of fused-ring (bicyclic) bond motifs is 1. The van der Waals surface area contributed by atoms with E-state index in [0.717, 1.165) is 22.5 Å². The average Bonchev–Trinajstić information content (AvgIpc) is 3.03. The quantitative estimate of drug-likeness (QED) is 0.857. The molecule has 2 aliphatic heterocycles. The molecular formula is C21H23N3O4. The summed E-state index contributed by atoms with van der Waals surface area (Å²) in [5.41, 5.74) is 3.64. The van der Waals surface area contributed by atoms with Gasteiger partial charge in [0.2, 0.25) is 5.91 Å². The average molecular weight is 381 g/mol. The second-order valence-electron chi connectivity index (χ2n) is 7.15. The number of hydrogen-bond acceptors (Lipinski definition) is 4. The fourth-order valence-electron chi connectivity index (χ4n) is 3.55. The number of ether oxygens (including phenoxy) is 2. The van der Waals surface area contributed by atoms with Crippen molar-refractivity contribution in [1.29, 1.82) is 0 Å². The van der Waals surface area contributed by atoms with E-state index in [1.807, 2.05) is 50.2 Å². The summed E-state index contributed by atoms with van der Waals surface area (Å²) in [5.74, 6) is 1.29. The van der Waals surface area contributed by atoms with Gasteiger partial charge in [-0.1, -0.05) is 17.7 Å². The lowest BCUT2D eigenvalue weighted by Gasteiger charge is -2.22. The van der Waals surface area contributed by atoms with Gasteiger partial charge in [-0.15, -0.1) is 0 Å². The van der Waals surface area contributed by atoms with Crippen LogP contribution in [-0.2, 0) is 4.79 Å². The van der Waals surface area contributed by atoms with Crippen molar-refractivity contribution < 1.29 is 19.1 Å². The van der Waals surface area contributed by atoms with Crippen LogP contribution in [0, 0.1) is 13.8 Å². The summed E-state index contributed by atoms with van der Waals surface area (Å²) in [4.78, 5) is 26.5. The molecule has 2 aromatic rings. The number of aryl methyl sites for hydroxylation is 2. The summed E-state index contributed by atoms with van der Waals surface area (Å²) in [6.07, 6.45) is 0.259. The molecule has 0 unspecified atom stereocenters. The Morgan fingerprint density at radius 1 is 1.07 bits per heavy atom. The number of carbonyl (C=O) groups excluding carboxylic acids is 2. The van der Waals surface area contributed by atoms with Gasteiger partial charge in [0.15, 0.2) is 11.5 Å². The molecule has 0 spiro atoms. The van der Waals surface area contributed by atoms with Crippen LogP contribution in [0.15, 0.2) is 36.4 Å². The van der Waals surface area contributed by atoms with Crippen LogP contribution in [-0.4, -0.2) is 37.7 Å². The summed E-state index contributed by atoms with van der Waals surface area (Å²) in [5, 5.41) is 5.75. The van der Waals surface area contributed by atoms with Gasteiger partial charge in [0.25, 0.3) is 0 Å². The first-order chi connectivity index (χ1) is 13.5. The lowest BCUT2D eigenvalue weighted by atomic mass is 10.1. The van der Waals surface area contributed by atoms with Gasteiger partial charge in [0, 0.05) is 30.4 Å². The molecule has 1 atom stereocenters. The highest BCUT2D eigenvalue weighted by atomic mass is 16.6. The number of rotatable bonds is 3. The Labute approximate surface area is 163 Å². The van der Waals surface area contributed by atoms with Crippen LogP contribution in [0.3, 0.4) is 0 Å². The maximum Gasteiger partial charge on any atom is 0.319 e. The van der Waals surface area contributed by atoms with Crippen LogP contribution in [0.5, 0.6) is 11.5 Å². The number of amides is 3. The van der Waals surface area contributed by atoms with Crippen molar-refractivity contribution in [1.82, 2.24) is 5.32 Å². The summed E-state index contributed by atoms with van der Waals surface area (Å²) in [6.45, 7) is 5.39. The zero-order valence-corrected chi connectivity index (χ0v) is 16.0. The lowest BCUT2D eigenvalue weighted by molar-refractivity contribution is -0.117. The Balaban J connectivity index is 1.40. The van der Waals surface area contributed by atoms with E-state index < -0.39 is 0 Å². The van der Waals surface area contributed by atoms with E-state index in [1.165, 1.54) is 0 Å². The van der Waals surface area contributed by atoms with Gasteiger partial charge in [-0.05, 0) is 37.6 Å². The van der Waals surface area contributed by atoms with Crippen molar-refractivity contribution in [2.24, 2.45) is 0 Å². The van der Waals surface area contributed by atoms with Crippen LogP contribution < -0.4 is 25.0 Å². The topological polar surface area (TPSA) is 79.9 Å². The van der Waals surface area contributed by atoms with Gasteiger partial charge in [-0.3, -0.25) is 4.79 Å². The minimum Gasteiger partial charge on any atom is -0.486 e. The zero-order chi connectivity index (χ0) is 19.7. The van der Waals surface area contributed by atoms with Crippen LogP contribution in [0.25, 0.3) is 0 Å².